The third-order valence-corrected chi connectivity index (χ3v) is 12.2. The van der Waals surface area contributed by atoms with Crippen molar-refractivity contribution in [2.45, 2.75) is 137 Å². The Morgan fingerprint density at radius 2 is 0.821 bits per heavy atom. The van der Waals surface area contributed by atoms with Crippen LogP contribution in [0, 0.1) is 0 Å². The number of aromatic hydroxyl groups is 2. The van der Waals surface area contributed by atoms with Gasteiger partial charge < -0.3 is 19.7 Å². The molecule has 4 nitrogen and oxygen atoms in total. The third kappa shape index (κ3) is 8.99. The highest BCUT2D eigenvalue weighted by molar-refractivity contribution is 7.07. The van der Waals surface area contributed by atoms with Crippen LogP contribution >= 0.6 is 11.3 Å². The van der Waals surface area contributed by atoms with E-state index in [9.17, 15) is 10.2 Å². The quantitative estimate of drug-likeness (QED) is 0.183. The average molecular weight is 773 g/mol. The van der Waals surface area contributed by atoms with Crippen LogP contribution in [0.5, 0.6) is 23.0 Å². The number of hydrogen-bond acceptors (Lipinski definition) is 5. The number of thiophene rings is 1. The van der Waals surface area contributed by atoms with Gasteiger partial charge in [0.2, 0.25) is 0 Å². The van der Waals surface area contributed by atoms with Crippen molar-refractivity contribution in [2.75, 3.05) is 13.7 Å². The molecule has 1 aromatic heterocycles. The molecule has 0 spiro atoms. The lowest BCUT2D eigenvalue weighted by Gasteiger charge is -2.28. The summed E-state index contributed by atoms with van der Waals surface area (Å²) in [7, 11) is 1.74. The van der Waals surface area contributed by atoms with Gasteiger partial charge in [-0.2, -0.15) is 11.3 Å². The van der Waals surface area contributed by atoms with E-state index in [1.807, 2.05) is 0 Å². The van der Waals surface area contributed by atoms with E-state index in [2.05, 4.69) is 148 Å². The van der Waals surface area contributed by atoms with E-state index in [4.69, 9.17) is 9.47 Å². The fourth-order valence-corrected chi connectivity index (χ4v) is 8.50. The molecule has 5 aromatic rings. The third-order valence-electron chi connectivity index (χ3n) is 11.4. The summed E-state index contributed by atoms with van der Waals surface area (Å²) < 4.78 is 13.2. The minimum absolute atomic E-state index is 0.134. The van der Waals surface area contributed by atoms with Gasteiger partial charge in [0.25, 0.3) is 0 Å². The molecule has 1 aliphatic rings. The highest BCUT2D eigenvalue weighted by Gasteiger charge is 2.28. The summed E-state index contributed by atoms with van der Waals surface area (Å²) in [5.74, 6) is 2.28. The Labute approximate surface area is 341 Å². The smallest absolute Gasteiger partial charge is 0.126 e. The second-order valence-corrected chi connectivity index (χ2v) is 21.0. The normalized spacial score (nSPS) is 13.8. The standard InChI is InChI=1S/C51H64O4S/c1-48(2,3)40-22-32-18-36-26-42(50(7,8)9)27-37(46(36)54-13)19-33-23-41(49(4,5)6)25-35(45(33)53)21-39-29-43(51(10,11)12)28-38(20-34(24-40)44(32)52)47(39)55-16-14-31-15-17-56-30-31/h15,17,22-30,52-53H,14,16,18-21H2,1-13H3. The molecular weight excluding hydrogens is 709 g/mol. The molecule has 0 saturated carbocycles. The molecule has 56 heavy (non-hydrogen) atoms. The van der Waals surface area contributed by atoms with Crippen LogP contribution in [0.2, 0.25) is 0 Å². The number of hydrogen-bond donors (Lipinski definition) is 2. The van der Waals surface area contributed by atoms with Crippen LogP contribution in [0.25, 0.3) is 0 Å². The van der Waals surface area contributed by atoms with Crippen LogP contribution in [-0.4, -0.2) is 23.9 Å². The molecule has 0 aliphatic heterocycles. The summed E-state index contributed by atoms with van der Waals surface area (Å²) in [5.41, 5.74) is 13.1. The number of ether oxygens (including phenoxy) is 2. The fraction of sp³-hybridized carbons (Fsp3) is 0.451. The zero-order valence-electron chi connectivity index (χ0n) is 36.2. The monoisotopic (exact) mass is 772 g/mol. The molecule has 0 amide bonds. The molecule has 8 bridgehead atoms. The maximum atomic E-state index is 12.4. The van der Waals surface area contributed by atoms with E-state index in [0.29, 0.717) is 43.8 Å². The summed E-state index contributed by atoms with van der Waals surface area (Å²) in [5, 5.41) is 29.0. The molecule has 4 aromatic carbocycles. The Morgan fingerprint density at radius 1 is 0.500 bits per heavy atom. The van der Waals surface area contributed by atoms with Gasteiger partial charge in [-0.25, -0.2) is 0 Å². The first-order chi connectivity index (χ1) is 26.0. The number of benzene rings is 4. The lowest BCUT2D eigenvalue weighted by atomic mass is 9.79. The lowest BCUT2D eigenvalue weighted by molar-refractivity contribution is 0.315. The largest absolute Gasteiger partial charge is 0.507 e. The molecule has 0 saturated heterocycles. The van der Waals surface area contributed by atoms with Crippen LogP contribution in [0.1, 0.15) is 155 Å². The molecule has 1 aliphatic carbocycles. The minimum atomic E-state index is -0.149. The van der Waals surface area contributed by atoms with Gasteiger partial charge in [0.05, 0.1) is 13.7 Å². The number of rotatable bonds is 5. The van der Waals surface area contributed by atoms with Crippen molar-refractivity contribution in [3.63, 3.8) is 0 Å². The van der Waals surface area contributed by atoms with Gasteiger partial charge >= 0.3 is 0 Å². The van der Waals surface area contributed by atoms with Crippen molar-refractivity contribution < 1.29 is 19.7 Å². The van der Waals surface area contributed by atoms with Crippen LogP contribution < -0.4 is 9.47 Å². The van der Waals surface area contributed by atoms with Crippen LogP contribution in [0.3, 0.4) is 0 Å². The van der Waals surface area contributed by atoms with Gasteiger partial charge in [-0.15, -0.1) is 0 Å². The van der Waals surface area contributed by atoms with Crippen LogP contribution in [0.4, 0.5) is 0 Å². The SMILES string of the molecule is COc1c2cc(C(C)(C)C)cc1Cc1cc(C(C)(C)C)cc(c1O)Cc1cc(C(C)(C)C)cc(c1OCCc1ccsc1)Cc1cc(C(C)(C)C)cc(c1O)C2. The van der Waals surface area contributed by atoms with E-state index in [-0.39, 0.29) is 21.7 Å². The van der Waals surface area contributed by atoms with E-state index < -0.39 is 0 Å². The van der Waals surface area contributed by atoms with Crippen molar-refractivity contribution >= 4 is 11.3 Å². The highest BCUT2D eigenvalue weighted by Crippen LogP contribution is 2.43. The van der Waals surface area contributed by atoms with E-state index in [1.54, 1.807) is 18.4 Å². The number of methoxy groups -OCH3 is 1. The maximum Gasteiger partial charge on any atom is 0.126 e. The van der Waals surface area contributed by atoms with E-state index >= 15 is 0 Å². The molecule has 5 heteroatoms. The maximum absolute atomic E-state index is 12.4. The van der Waals surface area contributed by atoms with Crippen molar-refractivity contribution in [1.82, 2.24) is 0 Å². The second kappa shape index (κ2) is 15.3. The zero-order chi connectivity index (χ0) is 41.0. The van der Waals surface area contributed by atoms with E-state index in [1.165, 1.54) is 27.8 Å². The number of phenols is 2. The molecule has 0 unspecified atom stereocenters. The average Bonchev–Trinajstić information content (AvgIpc) is 3.60. The number of fused-ring (bicyclic) bond motifs is 8. The van der Waals surface area contributed by atoms with Crippen molar-refractivity contribution in [3.8, 4) is 23.0 Å². The van der Waals surface area contributed by atoms with Gasteiger partial charge in [-0.05, 0) is 111 Å². The molecule has 6 rings (SSSR count). The molecule has 2 N–H and O–H groups in total. The molecule has 0 radical (unpaired) electrons. The molecule has 0 atom stereocenters. The Bertz CT molecular complexity index is 2100. The summed E-state index contributed by atoms with van der Waals surface area (Å²) in [6, 6.07) is 20.0. The first kappa shape index (κ1) is 41.4. The van der Waals surface area contributed by atoms with Crippen molar-refractivity contribution in [1.29, 1.82) is 0 Å². The first-order valence-corrected chi connectivity index (χ1v) is 21.2. The molecule has 0 fully saturated rings. The van der Waals surface area contributed by atoms with Gasteiger partial charge in [0, 0.05) is 32.1 Å². The minimum Gasteiger partial charge on any atom is -0.507 e. The van der Waals surface area contributed by atoms with Gasteiger partial charge in [0.1, 0.15) is 23.0 Å². The topological polar surface area (TPSA) is 58.9 Å². The van der Waals surface area contributed by atoms with Gasteiger partial charge in [-0.1, -0.05) is 132 Å². The molecular formula is C51H64O4S. The predicted octanol–water partition coefficient (Wildman–Crippen LogP) is 12.7. The summed E-state index contributed by atoms with van der Waals surface area (Å²) in [6.45, 7) is 27.4. The summed E-state index contributed by atoms with van der Waals surface area (Å²) in [6.07, 6.45) is 2.79. The Hall–Kier alpha value is -4.22. The first-order valence-electron chi connectivity index (χ1n) is 20.2. The van der Waals surface area contributed by atoms with Crippen molar-refractivity contribution in [3.05, 3.63) is 138 Å². The van der Waals surface area contributed by atoms with Gasteiger partial charge in [-0.3, -0.25) is 0 Å². The fourth-order valence-electron chi connectivity index (χ4n) is 7.80. The summed E-state index contributed by atoms with van der Waals surface area (Å²) in [4.78, 5) is 0. The lowest BCUT2D eigenvalue weighted by Crippen LogP contribution is -2.16. The zero-order valence-corrected chi connectivity index (χ0v) is 37.0. The molecule has 1 heterocycles. The second-order valence-electron chi connectivity index (χ2n) is 20.2. The van der Waals surface area contributed by atoms with Crippen LogP contribution in [-0.2, 0) is 53.8 Å². The Kier molecular flexibility index (Phi) is 11.3. The van der Waals surface area contributed by atoms with Gasteiger partial charge in [0.15, 0.2) is 0 Å². The van der Waals surface area contributed by atoms with Crippen molar-refractivity contribution in [2.24, 2.45) is 0 Å². The van der Waals surface area contributed by atoms with Crippen LogP contribution in [0.15, 0.2) is 65.4 Å². The Morgan fingerprint density at radius 3 is 1.11 bits per heavy atom. The molecule has 298 valence electrons. The predicted molar refractivity (Wildman–Crippen MR) is 235 cm³/mol. The number of phenolic OH excluding ortho intramolecular Hbond substituents is 2. The highest BCUT2D eigenvalue weighted by atomic mass is 32.1. The van der Waals surface area contributed by atoms with E-state index in [0.717, 1.165) is 62.4 Å². The summed E-state index contributed by atoms with van der Waals surface area (Å²) >= 11 is 1.70. The Balaban J connectivity index is 1.69.